The summed E-state index contributed by atoms with van der Waals surface area (Å²) in [7, 11) is 1.49. The van der Waals surface area contributed by atoms with Gasteiger partial charge in [0, 0.05) is 6.04 Å². The fourth-order valence-electron chi connectivity index (χ4n) is 2.06. The molecule has 0 aromatic heterocycles. The van der Waals surface area contributed by atoms with Crippen LogP contribution < -0.4 is 0 Å². The zero-order valence-electron chi connectivity index (χ0n) is 11.9. The average molecular weight is 253 g/mol. The fraction of sp³-hybridized carbons (Fsp3) is 0.769. The molecule has 0 saturated carbocycles. The number of amides is 1. The molecule has 1 aliphatic heterocycles. The van der Waals surface area contributed by atoms with Gasteiger partial charge in [0.2, 0.25) is 0 Å². The van der Waals surface area contributed by atoms with Crippen LogP contribution in [-0.4, -0.2) is 35.5 Å². The zero-order valence-corrected chi connectivity index (χ0v) is 11.9. The molecule has 18 heavy (non-hydrogen) atoms. The summed E-state index contributed by atoms with van der Waals surface area (Å²) in [6.45, 7) is 7.87. The first-order chi connectivity index (χ1) is 8.52. The number of nitrogens with zero attached hydrogens (tertiary/aromatic N) is 3. The van der Waals surface area contributed by atoms with Crippen LogP contribution in [-0.2, 0) is 9.63 Å². The molecule has 102 valence electrons. The standard InChI is InChI=1S/C13H23N3O2/c1-6-7-8-11-12(10(4)15-18-5)13(17)16(14-11)9(2)3/h9,12H,6-8H2,1-5H3. The van der Waals surface area contributed by atoms with Crippen molar-refractivity contribution in [1.82, 2.24) is 5.01 Å². The van der Waals surface area contributed by atoms with Crippen molar-refractivity contribution in [3.8, 4) is 0 Å². The van der Waals surface area contributed by atoms with E-state index in [0.717, 1.165) is 25.0 Å². The molecule has 1 aliphatic rings. The molecule has 0 spiro atoms. The number of oxime groups is 1. The lowest BCUT2D eigenvalue weighted by molar-refractivity contribution is -0.131. The second-order valence-electron chi connectivity index (χ2n) is 4.82. The summed E-state index contributed by atoms with van der Waals surface area (Å²) in [5.74, 6) is -0.326. The largest absolute Gasteiger partial charge is 0.399 e. The molecule has 0 aliphatic carbocycles. The van der Waals surface area contributed by atoms with Crippen molar-refractivity contribution in [3.05, 3.63) is 0 Å². The Kier molecular flexibility index (Phi) is 5.31. The Morgan fingerprint density at radius 1 is 1.56 bits per heavy atom. The third-order valence-corrected chi connectivity index (χ3v) is 2.97. The predicted molar refractivity (Wildman–Crippen MR) is 72.6 cm³/mol. The van der Waals surface area contributed by atoms with Crippen LogP contribution in [0, 0.1) is 5.92 Å². The number of carbonyl (C=O) groups excluding carboxylic acids is 1. The normalized spacial score (nSPS) is 20.7. The van der Waals surface area contributed by atoms with Gasteiger partial charge in [0.15, 0.2) is 0 Å². The summed E-state index contributed by atoms with van der Waals surface area (Å²) >= 11 is 0. The van der Waals surface area contributed by atoms with Crippen molar-refractivity contribution in [2.45, 2.75) is 53.0 Å². The van der Waals surface area contributed by atoms with Gasteiger partial charge in [-0.15, -0.1) is 0 Å². The molecule has 1 unspecified atom stereocenters. The zero-order chi connectivity index (χ0) is 13.7. The molecule has 0 aromatic rings. The highest BCUT2D eigenvalue weighted by Crippen LogP contribution is 2.23. The van der Waals surface area contributed by atoms with Gasteiger partial charge in [-0.1, -0.05) is 18.5 Å². The van der Waals surface area contributed by atoms with Gasteiger partial charge in [-0.3, -0.25) is 4.79 Å². The van der Waals surface area contributed by atoms with Crippen molar-refractivity contribution in [3.63, 3.8) is 0 Å². The number of hydrogen-bond donors (Lipinski definition) is 0. The van der Waals surface area contributed by atoms with E-state index in [9.17, 15) is 4.79 Å². The maximum Gasteiger partial charge on any atom is 0.257 e. The van der Waals surface area contributed by atoms with Crippen molar-refractivity contribution in [2.75, 3.05) is 7.11 Å². The van der Waals surface area contributed by atoms with E-state index in [1.165, 1.54) is 7.11 Å². The van der Waals surface area contributed by atoms with Crippen LogP contribution in [0.15, 0.2) is 10.3 Å². The summed E-state index contributed by atoms with van der Waals surface area (Å²) in [4.78, 5) is 17.1. The number of hydrazone groups is 1. The fourth-order valence-corrected chi connectivity index (χ4v) is 2.06. The van der Waals surface area contributed by atoms with Gasteiger partial charge >= 0.3 is 0 Å². The first-order valence-electron chi connectivity index (χ1n) is 6.51. The van der Waals surface area contributed by atoms with Crippen molar-refractivity contribution in [2.24, 2.45) is 16.2 Å². The minimum Gasteiger partial charge on any atom is -0.399 e. The lowest BCUT2D eigenvalue weighted by atomic mass is 9.94. The second kappa shape index (κ2) is 6.52. The van der Waals surface area contributed by atoms with Gasteiger partial charge in [-0.25, -0.2) is 5.01 Å². The third-order valence-electron chi connectivity index (χ3n) is 2.97. The summed E-state index contributed by atoms with van der Waals surface area (Å²) in [6, 6.07) is 0.0782. The Hall–Kier alpha value is -1.39. The maximum absolute atomic E-state index is 12.3. The van der Waals surface area contributed by atoms with Crippen LogP contribution in [0.2, 0.25) is 0 Å². The van der Waals surface area contributed by atoms with E-state index in [-0.39, 0.29) is 17.9 Å². The van der Waals surface area contributed by atoms with Crippen LogP contribution >= 0.6 is 0 Å². The maximum atomic E-state index is 12.3. The van der Waals surface area contributed by atoms with Crippen molar-refractivity contribution in [1.29, 1.82) is 0 Å². The average Bonchev–Trinajstić information content (AvgIpc) is 2.64. The first-order valence-corrected chi connectivity index (χ1v) is 6.51. The molecule has 0 N–H and O–H groups in total. The molecule has 1 heterocycles. The van der Waals surface area contributed by atoms with Crippen LogP contribution in [0.3, 0.4) is 0 Å². The highest BCUT2D eigenvalue weighted by molar-refractivity contribution is 6.23. The summed E-state index contributed by atoms with van der Waals surface area (Å²) in [5.41, 5.74) is 1.59. The summed E-state index contributed by atoms with van der Waals surface area (Å²) < 4.78 is 0. The summed E-state index contributed by atoms with van der Waals surface area (Å²) in [6.07, 6.45) is 2.96. The molecule has 1 rings (SSSR count). The molecule has 1 atom stereocenters. The lowest BCUT2D eigenvalue weighted by Crippen LogP contribution is -2.35. The monoisotopic (exact) mass is 253 g/mol. The van der Waals surface area contributed by atoms with E-state index in [4.69, 9.17) is 4.84 Å². The Morgan fingerprint density at radius 3 is 2.72 bits per heavy atom. The van der Waals surface area contributed by atoms with Gasteiger partial charge in [0.25, 0.3) is 5.91 Å². The topological polar surface area (TPSA) is 54.3 Å². The highest BCUT2D eigenvalue weighted by atomic mass is 16.6. The van der Waals surface area contributed by atoms with Crippen LogP contribution in [0.25, 0.3) is 0 Å². The number of hydrogen-bond acceptors (Lipinski definition) is 4. The molecule has 5 nitrogen and oxygen atoms in total. The van der Waals surface area contributed by atoms with E-state index in [0.29, 0.717) is 5.71 Å². The minimum atomic E-state index is -0.334. The van der Waals surface area contributed by atoms with Crippen LogP contribution in [0.1, 0.15) is 47.0 Å². The molecule has 1 amide bonds. The summed E-state index contributed by atoms with van der Waals surface area (Å²) in [5, 5.41) is 9.91. The van der Waals surface area contributed by atoms with Crippen LogP contribution in [0.4, 0.5) is 0 Å². The molecular formula is C13H23N3O2. The Labute approximate surface area is 109 Å². The highest BCUT2D eigenvalue weighted by Gasteiger charge is 2.38. The lowest BCUT2D eigenvalue weighted by Gasteiger charge is -2.17. The smallest absolute Gasteiger partial charge is 0.257 e. The van der Waals surface area contributed by atoms with Gasteiger partial charge in [-0.2, -0.15) is 5.10 Å². The van der Waals surface area contributed by atoms with Gasteiger partial charge in [0.05, 0.1) is 11.4 Å². The van der Waals surface area contributed by atoms with E-state index in [1.807, 2.05) is 20.8 Å². The van der Waals surface area contributed by atoms with E-state index >= 15 is 0 Å². The Morgan fingerprint density at radius 2 is 2.22 bits per heavy atom. The second-order valence-corrected chi connectivity index (χ2v) is 4.82. The molecule has 0 radical (unpaired) electrons. The van der Waals surface area contributed by atoms with Crippen LogP contribution in [0.5, 0.6) is 0 Å². The van der Waals surface area contributed by atoms with E-state index < -0.39 is 0 Å². The molecule has 5 heteroatoms. The van der Waals surface area contributed by atoms with Gasteiger partial charge < -0.3 is 4.84 Å². The quantitative estimate of drug-likeness (QED) is 0.539. The van der Waals surface area contributed by atoms with Gasteiger partial charge in [-0.05, 0) is 33.6 Å². The Balaban J connectivity index is 2.95. The first kappa shape index (κ1) is 14.7. The number of carbonyl (C=O) groups is 1. The minimum absolute atomic E-state index is 0.00871. The molecule has 0 aromatic carbocycles. The van der Waals surface area contributed by atoms with Crippen molar-refractivity contribution >= 4 is 17.3 Å². The molecule has 0 bridgehead atoms. The SMILES string of the molecule is CCCCC1=NN(C(C)C)C(=O)C1C(C)=NOC. The van der Waals surface area contributed by atoms with E-state index in [1.54, 1.807) is 5.01 Å². The molecule has 0 fully saturated rings. The van der Waals surface area contributed by atoms with Crippen molar-refractivity contribution < 1.29 is 9.63 Å². The molecular weight excluding hydrogens is 230 g/mol. The van der Waals surface area contributed by atoms with E-state index in [2.05, 4.69) is 17.2 Å². The predicted octanol–water partition coefficient (Wildman–Crippen LogP) is 2.42. The van der Waals surface area contributed by atoms with Gasteiger partial charge in [0.1, 0.15) is 13.0 Å². The number of rotatable bonds is 6. The number of unbranched alkanes of at least 4 members (excludes halogenated alkanes) is 1. The molecule has 0 saturated heterocycles. The Bertz CT molecular complexity index is 361. The third kappa shape index (κ3) is 3.09.